The molecule has 1 atom stereocenters. The monoisotopic (exact) mass is 202 g/mol. The Balaban J connectivity index is 2.32. The van der Waals surface area contributed by atoms with Crippen LogP contribution in [-0.2, 0) is 5.72 Å². The van der Waals surface area contributed by atoms with Gasteiger partial charge in [-0.15, -0.1) is 0 Å². The fraction of sp³-hybridized carbons (Fsp3) is 0.182. The van der Waals surface area contributed by atoms with E-state index in [2.05, 4.69) is 10.3 Å². The number of hydrogen-bond donors (Lipinski definition) is 2. The first-order valence-electron chi connectivity index (χ1n) is 4.72. The van der Waals surface area contributed by atoms with E-state index in [1.807, 2.05) is 12.1 Å². The number of nitrogens with zero attached hydrogens (tertiary/aromatic N) is 1. The molecule has 0 bridgehead atoms. The number of fused-ring (bicyclic) bond motifs is 3. The lowest BCUT2D eigenvalue weighted by Crippen LogP contribution is -2.34. The zero-order valence-electron chi connectivity index (χ0n) is 8.19. The molecular formula is C11H10N2O2. The average Bonchev–Trinajstić information content (AvgIpc) is 2.66. The minimum absolute atomic E-state index is 0.643. The second-order valence-electron chi connectivity index (χ2n) is 3.76. The number of aromatic nitrogens is 1. The van der Waals surface area contributed by atoms with E-state index in [9.17, 15) is 5.11 Å². The first-order valence-corrected chi connectivity index (χ1v) is 4.72. The molecule has 0 saturated heterocycles. The molecule has 0 aromatic carbocycles. The predicted molar refractivity (Wildman–Crippen MR) is 55.1 cm³/mol. The molecule has 1 aliphatic heterocycles. The summed E-state index contributed by atoms with van der Waals surface area (Å²) < 4.78 is 5.38. The van der Waals surface area contributed by atoms with Crippen LogP contribution in [0.1, 0.15) is 12.5 Å². The van der Waals surface area contributed by atoms with Gasteiger partial charge in [0.1, 0.15) is 11.6 Å². The molecule has 2 aromatic rings. The van der Waals surface area contributed by atoms with Gasteiger partial charge in [0.25, 0.3) is 0 Å². The zero-order valence-corrected chi connectivity index (χ0v) is 8.19. The van der Waals surface area contributed by atoms with Gasteiger partial charge in [-0.3, -0.25) is 0 Å². The third-order valence-corrected chi connectivity index (χ3v) is 2.60. The molecule has 76 valence electrons. The van der Waals surface area contributed by atoms with Crippen molar-refractivity contribution in [2.24, 2.45) is 0 Å². The van der Waals surface area contributed by atoms with E-state index in [1.165, 1.54) is 0 Å². The van der Waals surface area contributed by atoms with Crippen LogP contribution in [0.25, 0.3) is 11.3 Å². The van der Waals surface area contributed by atoms with E-state index < -0.39 is 5.72 Å². The van der Waals surface area contributed by atoms with Gasteiger partial charge >= 0.3 is 0 Å². The van der Waals surface area contributed by atoms with Gasteiger partial charge in [-0.2, -0.15) is 0 Å². The average molecular weight is 202 g/mol. The van der Waals surface area contributed by atoms with Gasteiger partial charge in [0.15, 0.2) is 5.72 Å². The first-order chi connectivity index (χ1) is 7.18. The molecule has 0 saturated carbocycles. The minimum Gasteiger partial charge on any atom is -0.464 e. The van der Waals surface area contributed by atoms with E-state index in [-0.39, 0.29) is 0 Å². The van der Waals surface area contributed by atoms with Gasteiger partial charge in [0, 0.05) is 6.20 Å². The molecule has 15 heavy (non-hydrogen) atoms. The SMILES string of the molecule is CC1(O)Nc2ncccc2-c2occc21. The van der Waals surface area contributed by atoms with Crippen molar-refractivity contribution in [2.75, 3.05) is 5.32 Å². The van der Waals surface area contributed by atoms with Crippen molar-refractivity contribution < 1.29 is 9.52 Å². The van der Waals surface area contributed by atoms with Gasteiger partial charge in [-0.25, -0.2) is 4.98 Å². The van der Waals surface area contributed by atoms with Crippen molar-refractivity contribution in [3.8, 4) is 11.3 Å². The second-order valence-corrected chi connectivity index (χ2v) is 3.76. The summed E-state index contributed by atoms with van der Waals surface area (Å²) in [5.74, 6) is 1.33. The molecule has 4 heteroatoms. The number of rotatable bonds is 0. The van der Waals surface area contributed by atoms with Crippen LogP contribution in [0, 0.1) is 0 Å². The largest absolute Gasteiger partial charge is 0.464 e. The lowest BCUT2D eigenvalue weighted by molar-refractivity contribution is 0.0870. The standard InChI is InChI=1S/C11H10N2O2/c1-11(14)8-4-6-15-9(8)7-3-2-5-12-10(7)13-11/h2-6,14H,1H3,(H,12,13). The van der Waals surface area contributed by atoms with E-state index in [0.717, 1.165) is 11.1 Å². The fourth-order valence-corrected chi connectivity index (χ4v) is 1.89. The summed E-state index contributed by atoms with van der Waals surface area (Å²) in [4.78, 5) is 4.16. The molecule has 0 spiro atoms. The van der Waals surface area contributed by atoms with Crippen molar-refractivity contribution in [3.63, 3.8) is 0 Å². The Bertz CT molecular complexity index is 517. The minimum atomic E-state index is -1.12. The summed E-state index contributed by atoms with van der Waals surface area (Å²) in [5.41, 5.74) is 0.496. The predicted octanol–water partition coefficient (Wildman–Crippen LogP) is 1.93. The molecule has 2 N–H and O–H groups in total. The highest BCUT2D eigenvalue weighted by Gasteiger charge is 2.34. The third kappa shape index (κ3) is 1.08. The van der Waals surface area contributed by atoms with Crippen LogP contribution >= 0.6 is 0 Å². The number of aliphatic hydroxyl groups is 1. The third-order valence-electron chi connectivity index (χ3n) is 2.60. The Labute approximate surface area is 86.6 Å². The molecule has 1 unspecified atom stereocenters. The van der Waals surface area contributed by atoms with Crippen LogP contribution in [0.4, 0.5) is 5.82 Å². The van der Waals surface area contributed by atoms with Crippen LogP contribution < -0.4 is 5.32 Å². The number of hydrogen-bond acceptors (Lipinski definition) is 4. The Hall–Kier alpha value is -1.81. The second kappa shape index (κ2) is 2.61. The van der Waals surface area contributed by atoms with E-state index in [4.69, 9.17) is 4.42 Å². The Kier molecular flexibility index (Phi) is 1.48. The van der Waals surface area contributed by atoms with Crippen LogP contribution in [0.15, 0.2) is 35.1 Å². The summed E-state index contributed by atoms with van der Waals surface area (Å²) in [6.45, 7) is 1.68. The van der Waals surface area contributed by atoms with Crippen molar-refractivity contribution in [3.05, 3.63) is 36.2 Å². The molecule has 2 aromatic heterocycles. The van der Waals surface area contributed by atoms with E-state index >= 15 is 0 Å². The van der Waals surface area contributed by atoms with Gasteiger partial charge in [-0.05, 0) is 25.1 Å². The molecule has 0 aliphatic carbocycles. The highest BCUT2D eigenvalue weighted by Crippen LogP contribution is 2.41. The molecule has 1 aliphatic rings. The van der Waals surface area contributed by atoms with Crippen molar-refractivity contribution >= 4 is 5.82 Å². The highest BCUT2D eigenvalue weighted by molar-refractivity contribution is 5.78. The summed E-state index contributed by atoms with van der Waals surface area (Å²) in [6.07, 6.45) is 3.25. The van der Waals surface area contributed by atoms with Crippen molar-refractivity contribution in [1.29, 1.82) is 0 Å². The maximum absolute atomic E-state index is 10.2. The fourth-order valence-electron chi connectivity index (χ4n) is 1.89. The highest BCUT2D eigenvalue weighted by atomic mass is 16.3. The maximum Gasteiger partial charge on any atom is 0.163 e. The van der Waals surface area contributed by atoms with Crippen molar-refractivity contribution in [1.82, 2.24) is 4.98 Å². The molecule has 0 radical (unpaired) electrons. The van der Waals surface area contributed by atoms with Gasteiger partial charge in [0.05, 0.1) is 17.4 Å². The Morgan fingerprint density at radius 3 is 3.20 bits per heavy atom. The maximum atomic E-state index is 10.2. The zero-order chi connectivity index (χ0) is 10.5. The van der Waals surface area contributed by atoms with Crippen molar-refractivity contribution in [2.45, 2.75) is 12.6 Å². The molecule has 3 heterocycles. The summed E-state index contributed by atoms with van der Waals surface area (Å²) in [7, 11) is 0. The van der Waals surface area contributed by atoms with Gasteiger partial charge < -0.3 is 14.8 Å². The van der Waals surface area contributed by atoms with Gasteiger partial charge in [0.2, 0.25) is 0 Å². The Morgan fingerprint density at radius 1 is 1.47 bits per heavy atom. The summed E-state index contributed by atoms with van der Waals surface area (Å²) in [5, 5.41) is 13.1. The quantitative estimate of drug-likeness (QED) is 0.685. The number of nitrogens with one attached hydrogen (secondary N) is 1. The van der Waals surface area contributed by atoms with Crippen LogP contribution in [0.2, 0.25) is 0 Å². The smallest absolute Gasteiger partial charge is 0.163 e. The number of anilines is 1. The molecule has 3 rings (SSSR count). The van der Waals surface area contributed by atoms with Crippen LogP contribution in [0.3, 0.4) is 0 Å². The molecule has 0 fully saturated rings. The number of pyridine rings is 1. The first kappa shape index (κ1) is 8.49. The Morgan fingerprint density at radius 2 is 2.33 bits per heavy atom. The molecule has 0 amide bonds. The van der Waals surface area contributed by atoms with E-state index in [1.54, 1.807) is 25.5 Å². The lowest BCUT2D eigenvalue weighted by atomic mass is 9.97. The summed E-state index contributed by atoms with van der Waals surface area (Å²) in [6, 6.07) is 5.51. The van der Waals surface area contributed by atoms with Crippen LogP contribution in [-0.4, -0.2) is 10.1 Å². The van der Waals surface area contributed by atoms with Gasteiger partial charge in [-0.1, -0.05) is 0 Å². The normalized spacial score (nSPS) is 22.8. The summed E-state index contributed by atoms with van der Waals surface area (Å²) >= 11 is 0. The van der Waals surface area contributed by atoms with E-state index in [0.29, 0.717) is 11.6 Å². The molecular weight excluding hydrogens is 192 g/mol. The van der Waals surface area contributed by atoms with Crippen LogP contribution in [0.5, 0.6) is 0 Å². The number of furan rings is 1. The lowest BCUT2D eigenvalue weighted by Gasteiger charge is -2.30. The topological polar surface area (TPSA) is 58.3 Å². The molecule has 4 nitrogen and oxygen atoms in total.